The number of nitrogens with one attached hydrogen (secondary N) is 1. The maximum Gasteiger partial charge on any atom is 0.338 e. The molecule has 0 spiro atoms. The molecule has 8 heteroatoms. The van der Waals surface area contributed by atoms with Gasteiger partial charge in [-0.3, -0.25) is 14.8 Å². The highest BCUT2D eigenvalue weighted by molar-refractivity contribution is 7.54. The maximum atomic E-state index is 12.1. The molecular formula is C9H19N2O5P. The average Bonchev–Trinajstić information content (AvgIpc) is 2.16. The van der Waals surface area contributed by atoms with Crippen LogP contribution in [0.1, 0.15) is 13.8 Å². The molecule has 0 aliphatic rings. The third kappa shape index (κ3) is 6.41. The molecule has 100 valence electrons. The van der Waals surface area contributed by atoms with Crippen LogP contribution in [-0.4, -0.2) is 54.8 Å². The van der Waals surface area contributed by atoms with E-state index in [0.29, 0.717) is 0 Å². The molecule has 0 radical (unpaired) electrons. The van der Waals surface area contributed by atoms with Crippen molar-refractivity contribution in [3.63, 3.8) is 0 Å². The molecule has 2 N–H and O–H groups in total. The van der Waals surface area contributed by atoms with E-state index in [1.807, 2.05) is 0 Å². The quantitative estimate of drug-likeness (QED) is 0.389. The Morgan fingerprint density at radius 3 is 2.18 bits per heavy atom. The summed E-state index contributed by atoms with van der Waals surface area (Å²) in [5.41, 5.74) is 0. The number of hydrogen-bond donors (Lipinski definition) is 2. The minimum atomic E-state index is -3.33. The van der Waals surface area contributed by atoms with Crippen LogP contribution in [0.5, 0.6) is 0 Å². The summed E-state index contributed by atoms with van der Waals surface area (Å²) in [6.07, 6.45) is -0.224. The highest BCUT2D eigenvalue weighted by Gasteiger charge is 2.27. The molecule has 0 saturated heterocycles. The number of nitrogens with zero attached hydrogens (tertiary/aromatic N) is 1. The summed E-state index contributed by atoms with van der Waals surface area (Å²) < 4.78 is 22.1. The van der Waals surface area contributed by atoms with Gasteiger partial charge in [0.1, 0.15) is 18.5 Å². The van der Waals surface area contributed by atoms with Crippen molar-refractivity contribution in [3.05, 3.63) is 0 Å². The van der Waals surface area contributed by atoms with Gasteiger partial charge in [0, 0.05) is 7.05 Å². The van der Waals surface area contributed by atoms with Gasteiger partial charge in [-0.25, -0.2) is 0 Å². The summed E-state index contributed by atoms with van der Waals surface area (Å²) in [6, 6.07) is 0. The molecule has 0 aromatic carbocycles. The third-order valence-corrected chi connectivity index (χ3v) is 3.82. The minimum Gasteiger partial charge on any atom is -0.480 e. The van der Waals surface area contributed by atoms with Crippen LogP contribution in [-0.2, 0) is 18.4 Å². The van der Waals surface area contributed by atoms with E-state index in [1.165, 1.54) is 11.9 Å². The van der Waals surface area contributed by atoms with Crippen LogP contribution in [0.15, 0.2) is 0 Å². The number of carbonyl (C=O) groups is 1. The fraction of sp³-hybridized carbons (Fsp3) is 0.778. The molecule has 17 heavy (non-hydrogen) atoms. The van der Waals surface area contributed by atoms with Crippen molar-refractivity contribution < 1.29 is 23.5 Å². The van der Waals surface area contributed by atoms with Crippen LogP contribution in [0, 0.1) is 5.41 Å². The van der Waals surface area contributed by atoms with E-state index in [-0.39, 0.29) is 31.8 Å². The second-order valence-corrected chi connectivity index (χ2v) is 5.36. The van der Waals surface area contributed by atoms with Gasteiger partial charge in [-0.1, -0.05) is 0 Å². The van der Waals surface area contributed by atoms with Gasteiger partial charge in [0.05, 0.1) is 13.2 Å². The first-order valence-electron chi connectivity index (χ1n) is 5.23. The smallest absolute Gasteiger partial charge is 0.338 e. The fourth-order valence-electron chi connectivity index (χ4n) is 1.12. The van der Waals surface area contributed by atoms with Gasteiger partial charge < -0.3 is 19.1 Å². The zero-order chi connectivity index (χ0) is 13.5. The number of likely N-dealkylation sites (N-methyl/N-ethyl adjacent to an activating group) is 1. The number of carboxylic acid groups (broad SMARTS) is 1. The molecule has 0 aromatic heterocycles. The zero-order valence-electron chi connectivity index (χ0n) is 10.3. The fourth-order valence-corrected chi connectivity index (χ4v) is 2.78. The number of rotatable bonds is 8. The predicted octanol–water partition coefficient (Wildman–Crippen LogP) is 1.25. The molecule has 7 nitrogen and oxygen atoms in total. The first kappa shape index (κ1) is 16.1. The lowest BCUT2D eigenvalue weighted by Gasteiger charge is -2.22. The molecule has 0 heterocycles. The summed E-state index contributed by atoms with van der Waals surface area (Å²) in [7, 11) is -1.89. The molecule has 0 bridgehead atoms. The van der Waals surface area contributed by atoms with Crippen LogP contribution in [0.2, 0.25) is 0 Å². The molecule has 0 amide bonds. The summed E-state index contributed by atoms with van der Waals surface area (Å²) in [6.45, 7) is 3.46. The van der Waals surface area contributed by atoms with Gasteiger partial charge in [-0.15, -0.1) is 0 Å². The minimum absolute atomic E-state index is 0.0855. The predicted molar refractivity (Wildman–Crippen MR) is 63.7 cm³/mol. The van der Waals surface area contributed by atoms with Gasteiger partial charge in [-0.05, 0) is 13.8 Å². The van der Waals surface area contributed by atoms with Crippen LogP contribution in [0.25, 0.3) is 0 Å². The van der Waals surface area contributed by atoms with Crippen molar-refractivity contribution >= 4 is 19.4 Å². The molecule has 0 rings (SSSR count). The molecule has 0 aromatic rings. The number of hydrogen-bond acceptors (Lipinski definition) is 5. The largest absolute Gasteiger partial charge is 0.480 e. The highest BCUT2D eigenvalue weighted by atomic mass is 31.2. The lowest BCUT2D eigenvalue weighted by atomic mass is 10.5. The van der Waals surface area contributed by atoms with E-state index in [4.69, 9.17) is 19.6 Å². The Labute approximate surface area is 101 Å². The van der Waals surface area contributed by atoms with Crippen LogP contribution < -0.4 is 0 Å². The lowest BCUT2D eigenvalue weighted by molar-refractivity contribution is -0.137. The van der Waals surface area contributed by atoms with E-state index >= 15 is 0 Å². The molecule has 0 aliphatic heterocycles. The molecule has 0 fully saturated rings. The maximum absolute atomic E-state index is 12.1. The van der Waals surface area contributed by atoms with Crippen molar-refractivity contribution in [2.45, 2.75) is 13.8 Å². The topological polar surface area (TPSA) is 99.9 Å². The van der Waals surface area contributed by atoms with Crippen molar-refractivity contribution in [3.8, 4) is 0 Å². The average molecular weight is 266 g/mol. The van der Waals surface area contributed by atoms with Crippen LogP contribution >= 0.6 is 7.60 Å². The monoisotopic (exact) mass is 266 g/mol. The Balaban J connectivity index is 4.49. The van der Waals surface area contributed by atoms with Crippen molar-refractivity contribution in [2.75, 3.05) is 33.0 Å². The second-order valence-electron chi connectivity index (χ2n) is 3.30. The first-order valence-corrected chi connectivity index (χ1v) is 6.96. The van der Waals surface area contributed by atoms with Crippen molar-refractivity contribution in [2.24, 2.45) is 0 Å². The number of carboxylic acids is 1. The van der Waals surface area contributed by atoms with Gasteiger partial charge in [0.15, 0.2) is 0 Å². The van der Waals surface area contributed by atoms with Crippen molar-refractivity contribution in [1.82, 2.24) is 4.90 Å². The second kappa shape index (κ2) is 7.42. The summed E-state index contributed by atoms with van der Waals surface area (Å²) in [4.78, 5) is 11.6. The van der Waals surface area contributed by atoms with Gasteiger partial charge in [-0.2, -0.15) is 0 Å². The van der Waals surface area contributed by atoms with E-state index in [9.17, 15) is 9.36 Å². The zero-order valence-corrected chi connectivity index (χ0v) is 11.2. The van der Waals surface area contributed by atoms with Crippen LogP contribution in [0.3, 0.4) is 0 Å². The van der Waals surface area contributed by atoms with E-state index < -0.39 is 13.6 Å². The molecule has 0 saturated carbocycles. The van der Waals surface area contributed by atoms with Crippen molar-refractivity contribution in [1.29, 1.82) is 5.41 Å². The van der Waals surface area contributed by atoms with Gasteiger partial charge in [0.2, 0.25) is 0 Å². The SMILES string of the molecule is CCOP(=O)(CC(=N)N(C)CC(=O)O)OCC. The van der Waals surface area contributed by atoms with E-state index in [2.05, 4.69) is 0 Å². The van der Waals surface area contributed by atoms with Gasteiger partial charge >= 0.3 is 13.6 Å². The number of aliphatic carboxylic acids is 1. The Hall–Kier alpha value is -0.910. The Morgan fingerprint density at radius 1 is 1.35 bits per heavy atom. The number of amidine groups is 1. The summed E-state index contributed by atoms with van der Waals surface area (Å²) >= 11 is 0. The third-order valence-electron chi connectivity index (χ3n) is 1.83. The van der Waals surface area contributed by atoms with Crippen LogP contribution in [0.4, 0.5) is 0 Å². The first-order chi connectivity index (χ1) is 7.84. The van der Waals surface area contributed by atoms with E-state index in [1.54, 1.807) is 13.8 Å². The van der Waals surface area contributed by atoms with Gasteiger partial charge in [0.25, 0.3) is 0 Å². The summed E-state index contributed by atoms with van der Waals surface area (Å²) in [5.74, 6) is -1.14. The molecule has 0 atom stereocenters. The summed E-state index contributed by atoms with van der Waals surface area (Å²) in [5, 5.41) is 16.2. The standard InChI is InChI=1S/C9H19N2O5P/c1-4-15-17(14,16-5-2)7-8(10)11(3)6-9(12)13/h10H,4-7H2,1-3H3,(H,12,13). The molecule has 0 unspecified atom stereocenters. The molecule has 0 aliphatic carbocycles. The highest BCUT2D eigenvalue weighted by Crippen LogP contribution is 2.47. The van der Waals surface area contributed by atoms with E-state index in [0.717, 1.165) is 0 Å². The normalized spacial score (nSPS) is 11.2. The lowest BCUT2D eigenvalue weighted by Crippen LogP contribution is -2.33. The Kier molecular flexibility index (Phi) is 7.03. The molecular weight excluding hydrogens is 247 g/mol. The Morgan fingerprint density at radius 2 is 1.82 bits per heavy atom. The Bertz CT molecular complexity index is 311.